The van der Waals surface area contributed by atoms with E-state index in [1.54, 1.807) is 0 Å². The minimum Gasteiger partial charge on any atom is -0.490 e. The second-order valence-electron chi connectivity index (χ2n) is 6.22. The number of morpholine rings is 1. The molecule has 2 aromatic rings. The molecule has 0 N–H and O–H groups in total. The zero-order chi connectivity index (χ0) is 21.7. The predicted molar refractivity (Wildman–Crippen MR) is 108 cm³/mol. The maximum atomic E-state index is 12.9. The summed E-state index contributed by atoms with van der Waals surface area (Å²) in [5, 5.41) is -0.131. The third-order valence-electron chi connectivity index (χ3n) is 4.23. The van der Waals surface area contributed by atoms with E-state index in [0.717, 1.165) is 6.07 Å². The quantitative estimate of drug-likeness (QED) is 0.449. The molecule has 0 saturated carbocycles. The average Bonchev–Trinajstić information content (AvgIpc) is 2.73. The van der Waals surface area contributed by atoms with Crippen molar-refractivity contribution in [3.8, 4) is 5.75 Å². The summed E-state index contributed by atoms with van der Waals surface area (Å²) in [6.07, 6.45) is 0. The number of carbonyl (C=O) groups is 1. The molecule has 1 saturated heterocycles. The molecule has 11 heteroatoms. The van der Waals surface area contributed by atoms with Crippen molar-refractivity contribution in [3.05, 3.63) is 57.8 Å². The van der Waals surface area contributed by atoms with Gasteiger partial charge in [0.2, 0.25) is 10.0 Å². The van der Waals surface area contributed by atoms with Gasteiger partial charge in [-0.15, -0.1) is 0 Å². The summed E-state index contributed by atoms with van der Waals surface area (Å²) >= 11 is 12.2. The van der Waals surface area contributed by atoms with Crippen molar-refractivity contribution in [1.29, 1.82) is 0 Å². The van der Waals surface area contributed by atoms with Crippen molar-refractivity contribution in [2.45, 2.75) is 4.90 Å². The van der Waals surface area contributed by atoms with E-state index >= 15 is 0 Å². The van der Waals surface area contributed by atoms with Gasteiger partial charge in [-0.2, -0.15) is 4.31 Å². The van der Waals surface area contributed by atoms with Crippen LogP contribution in [0.5, 0.6) is 5.75 Å². The normalized spacial score (nSPS) is 15.0. The molecule has 0 radical (unpaired) electrons. The number of carbonyl (C=O) groups excluding carboxylic acids is 1. The third-order valence-corrected chi connectivity index (χ3v) is 6.90. The highest BCUT2D eigenvalue weighted by atomic mass is 35.5. The van der Waals surface area contributed by atoms with E-state index in [1.807, 2.05) is 0 Å². The first-order chi connectivity index (χ1) is 14.3. The number of benzene rings is 2. The molecule has 1 aliphatic heterocycles. The van der Waals surface area contributed by atoms with Gasteiger partial charge in [0.25, 0.3) is 0 Å². The predicted octanol–water partition coefficient (Wildman–Crippen LogP) is 3.39. The maximum Gasteiger partial charge on any atom is 0.339 e. The van der Waals surface area contributed by atoms with E-state index < -0.39 is 21.8 Å². The first kappa shape index (κ1) is 22.8. The van der Waals surface area contributed by atoms with Crippen molar-refractivity contribution in [1.82, 2.24) is 4.31 Å². The smallest absolute Gasteiger partial charge is 0.339 e. The minimum absolute atomic E-state index is 0.0154. The van der Waals surface area contributed by atoms with E-state index in [1.165, 1.54) is 34.6 Å². The first-order valence-electron chi connectivity index (χ1n) is 8.91. The van der Waals surface area contributed by atoms with E-state index in [2.05, 4.69) is 0 Å². The van der Waals surface area contributed by atoms with Crippen LogP contribution in [0.25, 0.3) is 0 Å². The summed E-state index contributed by atoms with van der Waals surface area (Å²) in [6.45, 7) is 0.798. The van der Waals surface area contributed by atoms with E-state index in [0.29, 0.717) is 5.75 Å². The van der Waals surface area contributed by atoms with Crippen LogP contribution in [0.4, 0.5) is 4.39 Å². The SMILES string of the molecule is O=C(OCCOc1ccc(F)cc1)c1cc(S(=O)(=O)N2CCOCC2)c(Cl)cc1Cl. The summed E-state index contributed by atoms with van der Waals surface area (Å²) < 4.78 is 55.5. The van der Waals surface area contributed by atoms with Gasteiger partial charge in [0, 0.05) is 13.1 Å². The van der Waals surface area contributed by atoms with Crippen molar-refractivity contribution in [2.75, 3.05) is 39.5 Å². The molecule has 162 valence electrons. The molecule has 3 rings (SSSR count). The van der Waals surface area contributed by atoms with Crippen LogP contribution in [-0.2, 0) is 19.5 Å². The number of hydrogen-bond donors (Lipinski definition) is 0. The molecule has 1 heterocycles. The molecule has 2 aromatic carbocycles. The van der Waals surface area contributed by atoms with Gasteiger partial charge < -0.3 is 14.2 Å². The largest absolute Gasteiger partial charge is 0.490 e. The molecular formula is C19H18Cl2FNO6S. The number of sulfonamides is 1. The Kier molecular flexibility index (Phi) is 7.54. The van der Waals surface area contributed by atoms with Crippen LogP contribution in [0.3, 0.4) is 0 Å². The van der Waals surface area contributed by atoms with Gasteiger partial charge in [0.15, 0.2) is 0 Å². The summed E-state index contributed by atoms with van der Waals surface area (Å²) in [4.78, 5) is 12.2. The lowest BCUT2D eigenvalue weighted by Gasteiger charge is -2.26. The van der Waals surface area contributed by atoms with Gasteiger partial charge in [-0.25, -0.2) is 17.6 Å². The molecule has 30 heavy (non-hydrogen) atoms. The summed E-state index contributed by atoms with van der Waals surface area (Å²) in [5.41, 5.74) is -0.130. The Morgan fingerprint density at radius 3 is 2.40 bits per heavy atom. The average molecular weight is 478 g/mol. The number of halogens is 3. The molecule has 1 aliphatic rings. The van der Waals surface area contributed by atoms with Gasteiger partial charge in [-0.3, -0.25) is 0 Å². The minimum atomic E-state index is -3.93. The zero-order valence-corrected chi connectivity index (χ0v) is 18.0. The van der Waals surface area contributed by atoms with Crippen molar-refractivity contribution in [2.24, 2.45) is 0 Å². The fraction of sp³-hybridized carbons (Fsp3) is 0.316. The Balaban J connectivity index is 1.68. The molecule has 0 aromatic heterocycles. The number of hydrogen-bond acceptors (Lipinski definition) is 6. The van der Waals surface area contributed by atoms with Crippen LogP contribution in [0, 0.1) is 5.82 Å². The maximum absolute atomic E-state index is 12.9. The zero-order valence-electron chi connectivity index (χ0n) is 15.6. The Morgan fingerprint density at radius 1 is 1.07 bits per heavy atom. The summed E-state index contributed by atoms with van der Waals surface area (Å²) in [5.74, 6) is -0.803. The van der Waals surface area contributed by atoms with Crippen molar-refractivity contribution >= 4 is 39.2 Å². The second kappa shape index (κ2) is 9.93. The first-order valence-corrected chi connectivity index (χ1v) is 11.1. The fourth-order valence-electron chi connectivity index (χ4n) is 2.71. The summed E-state index contributed by atoms with van der Waals surface area (Å²) in [7, 11) is -3.93. The molecule has 0 amide bonds. The third kappa shape index (κ3) is 5.41. The standard InChI is InChI=1S/C19H18Cl2FNO6S/c20-16-12-17(21)18(30(25,26)23-5-7-27-8-6-23)11-15(16)19(24)29-10-9-28-14-3-1-13(22)2-4-14/h1-4,11-12H,5-10H2. The summed E-state index contributed by atoms with van der Waals surface area (Å²) in [6, 6.07) is 7.67. The monoisotopic (exact) mass is 477 g/mol. The molecule has 0 bridgehead atoms. The number of esters is 1. The van der Waals surface area contributed by atoms with Gasteiger partial charge in [-0.05, 0) is 36.4 Å². The lowest BCUT2D eigenvalue weighted by molar-refractivity contribution is 0.0450. The molecule has 0 spiro atoms. The van der Waals surface area contributed by atoms with Crippen LogP contribution >= 0.6 is 23.2 Å². The highest BCUT2D eigenvalue weighted by Gasteiger charge is 2.30. The van der Waals surface area contributed by atoms with Crippen molar-refractivity contribution in [3.63, 3.8) is 0 Å². The van der Waals surface area contributed by atoms with E-state index in [-0.39, 0.29) is 60.0 Å². The van der Waals surface area contributed by atoms with Crippen LogP contribution in [0.1, 0.15) is 10.4 Å². The van der Waals surface area contributed by atoms with Crippen LogP contribution in [-0.4, -0.2) is 58.2 Å². The molecule has 0 atom stereocenters. The van der Waals surface area contributed by atoms with E-state index in [9.17, 15) is 17.6 Å². The van der Waals surface area contributed by atoms with Crippen molar-refractivity contribution < 1.29 is 31.8 Å². The van der Waals surface area contributed by atoms with Crippen LogP contribution in [0.2, 0.25) is 10.0 Å². The van der Waals surface area contributed by atoms with Crippen LogP contribution in [0.15, 0.2) is 41.3 Å². The Hall–Kier alpha value is -1.91. The Labute approximate surface area is 183 Å². The van der Waals surface area contributed by atoms with Crippen LogP contribution < -0.4 is 4.74 Å². The van der Waals surface area contributed by atoms with Gasteiger partial charge >= 0.3 is 5.97 Å². The topological polar surface area (TPSA) is 82.1 Å². The molecular weight excluding hydrogens is 460 g/mol. The Morgan fingerprint density at radius 2 is 1.73 bits per heavy atom. The fourth-order valence-corrected chi connectivity index (χ4v) is 4.94. The molecule has 1 fully saturated rings. The highest BCUT2D eigenvalue weighted by Crippen LogP contribution is 2.31. The molecule has 0 unspecified atom stereocenters. The van der Waals surface area contributed by atoms with Gasteiger partial charge in [0.1, 0.15) is 29.7 Å². The highest BCUT2D eigenvalue weighted by molar-refractivity contribution is 7.89. The second-order valence-corrected chi connectivity index (χ2v) is 8.94. The lowest BCUT2D eigenvalue weighted by atomic mass is 10.2. The van der Waals surface area contributed by atoms with Gasteiger partial charge in [0.05, 0.1) is 28.8 Å². The van der Waals surface area contributed by atoms with E-state index in [4.69, 9.17) is 37.4 Å². The Bertz CT molecular complexity index is 1010. The molecule has 7 nitrogen and oxygen atoms in total. The van der Waals surface area contributed by atoms with Gasteiger partial charge in [-0.1, -0.05) is 23.2 Å². The molecule has 0 aliphatic carbocycles. The number of rotatable bonds is 7. The number of ether oxygens (including phenoxy) is 3. The number of nitrogens with zero attached hydrogens (tertiary/aromatic N) is 1. The lowest BCUT2D eigenvalue weighted by Crippen LogP contribution is -2.40.